The highest BCUT2D eigenvalue weighted by atomic mass is 32.1. The first-order valence-electron chi connectivity index (χ1n) is 8.55. The quantitative estimate of drug-likeness (QED) is 0.666. The molecule has 1 heterocycles. The number of nitrogens with zero attached hydrogens (tertiary/aromatic N) is 1. The van der Waals surface area contributed by atoms with Crippen molar-refractivity contribution in [1.82, 2.24) is 4.90 Å². The van der Waals surface area contributed by atoms with Crippen molar-refractivity contribution in [3.05, 3.63) is 87.9 Å². The SMILES string of the molecule is CCN(Cc1cccc(F)c1)C(=O)c1cccc(NC(=O)c2cccs2)c1. The molecule has 138 valence electrons. The van der Waals surface area contributed by atoms with Crippen molar-refractivity contribution in [2.75, 3.05) is 11.9 Å². The largest absolute Gasteiger partial charge is 0.335 e. The van der Waals surface area contributed by atoms with E-state index in [9.17, 15) is 14.0 Å². The molecule has 0 aliphatic heterocycles. The zero-order chi connectivity index (χ0) is 19.2. The van der Waals surface area contributed by atoms with Crippen LogP contribution in [0, 0.1) is 5.82 Å². The maximum absolute atomic E-state index is 13.4. The Bertz CT molecular complexity index is 941. The first-order chi connectivity index (χ1) is 13.1. The van der Waals surface area contributed by atoms with Gasteiger partial charge in [-0.25, -0.2) is 4.39 Å². The highest BCUT2D eigenvalue weighted by Gasteiger charge is 2.16. The van der Waals surface area contributed by atoms with Gasteiger partial charge in [0.15, 0.2) is 0 Å². The molecule has 3 aromatic rings. The summed E-state index contributed by atoms with van der Waals surface area (Å²) in [6.45, 7) is 2.68. The summed E-state index contributed by atoms with van der Waals surface area (Å²) in [5, 5.41) is 4.64. The summed E-state index contributed by atoms with van der Waals surface area (Å²) in [7, 11) is 0. The number of rotatable bonds is 6. The molecule has 0 aliphatic carbocycles. The number of carbonyl (C=O) groups is 2. The lowest BCUT2D eigenvalue weighted by atomic mass is 10.1. The molecule has 2 aromatic carbocycles. The molecule has 2 amide bonds. The zero-order valence-corrected chi connectivity index (χ0v) is 15.6. The first-order valence-corrected chi connectivity index (χ1v) is 9.43. The topological polar surface area (TPSA) is 49.4 Å². The standard InChI is InChI=1S/C21H19FN2O2S/c1-2-24(14-15-6-3-8-17(22)12-15)21(26)16-7-4-9-18(13-16)23-20(25)19-10-5-11-27-19/h3-13H,2,14H2,1H3,(H,23,25). The average molecular weight is 382 g/mol. The number of anilines is 1. The lowest BCUT2D eigenvalue weighted by molar-refractivity contribution is 0.0752. The summed E-state index contributed by atoms with van der Waals surface area (Å²) in [5.74, 6) is -0.704. The lowest BCUT2D eigenvalue weighted by Gasteiger charge is -2.21. The molecule has 0 saturated heterocycles. The van der Waals surface area contributed by atoms with Crippen LogP contribution in [0.1, 0.15) is 32.5 Å². The van der Waals surface area contributed by atoms with Crippen molar-refractivity contribution in [1.29, 1.82) is 0 Å². The van der Waals surface area contributed by atoms with Gasteiger partial charge in [0, 0.05) is 24.3 Å². The predicted octanol–water partition coefficient (Wildman–Crippen LogP) is 4.80. The number of amides is 2. The smallest absolute Gasteiger partial charge is 0.265 e. The molecule has 0 bridgehead atoms. The zero-order valence-electron chi connectivity index (χ0n) is 14.8. The Labute approximate surface area is 161 Å². The minimum absolute atomic E-state index is 0.172. The predicted molar refractivity (Wildman–Crippen MR) is 106 cm³/mol. The van der Waals surface area contributed by atoms with Gasteiger partial charge in [-0.15, -0.1) is 11.3 Å². The van der Waals surface area contributed by atoms with Crippen LogP contribution in [0.25, 0.3) is 0 Å². The van der Waals surface area contributed by atoms with E-state index in [2.05, 4.69) is 5.32 Å². The number of benzene rings is 2. The normalized spacial score (nSPS) is 10.4. The summed E-state index contributed by atoms with van der Waals surface area (Å²) in [5.41, 5.74) is 1.76. The maximum Gasteiger partial charge on any atom is 0.265 e. The lowest BCUT2D eigenvalue weighted by Crippen LogP contribution is -2.30. The Morgan fingerprint density at radius 3 is 2.59 bits per heavy atom. The van der Waals surface area contributed by atoms with E-state index in [1.807, 2.05) is 18.4 Å². The van der Waals surface area contributed by atoms with Crippen molar-refractivity contribution in [3.63, 3.8) is 0 Å². The van der Waals surface area contributed by atoms with E-state index < -0.39 is 0 Å². The van der Waals surface area contributed by atoms with Crippen LogP contribution in [0.15, 0.2) is 66.0 Å². The maximum atomic E-state index is 13.4. The molecule has 1 N–H and O–H groups in total. The molecule has 6 heteroatoms. The van der Waals surface area contributed by atoms with Crippen LogP contribution in [-0.2, 0) is 6.54 Å². The minimum atomic E-state index is -0.325. The Morgan fingerprint density at radius 1 is 1.07 bits per heavy atom. The Hall–Kier alpha value is -2.99. The van der Waals surface area contributed by atoms with E-state index in [4.69, 9.17) is 0 Å². The second-order valence-electron chi connectivity index (χ2n) is 5.96. The van der Waals surface area contributed by atoms with Gasteiger partial charge in [-0.1, -0.05) is 24.3 Å². The minimum Gasteiger partial charge on any atom is -0.335 e. The van der Waals surface area contributed by atoms with Crippen LogP contribution in [0.2, 0.25) is 0 Å². The third-order valence-corrected chi connectivity index (χ3v) is 4.91. The monoisotopic (exact) mass is 382 g/mol. The van der Waals surface area contributed by atoms with Gasteiger partial charge in [-0.2, -0.15) is 0 Å². The van der Waals surface area contributed by atoms with Gasteiger partial charge >= 0.3 is 0 Å². The van der Waals surface area contributed by atoms with Crippen LogP contribution in [-0.4, -0.2) is 23.3 Å². The molecule has 0 aliphatic rings. The number of halogens is 1. The van der Waals surface area contributed by atoms with Crippen LogP contribution >= 0.6 is 11.3 Å². The molecular weight excluding hydrogens is 363 g/mol. The first kappa shape index (κ1) is 18.8. The Morgan fingerprint density at radius 2 is 1.89 bits per heavy atom. The second-order valence-corrected chi connectivity index (χ2v) is 6.91. The highest BCUT2D eigenvalue weighted by Crippen LogP contribution is 2.17. The fourth-order valence-electron chi connectivity index (χ4n) is 2.70. The van der Waals surface area contributed by atoms with E-state index >= 15 is 0 Å². The van der Waals surface area contributed by atoms with Gasteiger partial charge in [-0.05, 0) is 54.3 Å². The molecule has 0 spiro atoms. The molecule has 4 nitrogen and oxygen atoms in total. The van der Waals surface area contributed by atoms with Gasteiger partial charge in [0.2, 0.25) is 0 Å². The number of nitrogens with one attached hydrogen (secondary N) is 1. The average Bonchev–Trinajstić information content (AvgIpc) is 3.21. The fourth-order valence-corrected chi connectivity index (χ4v) is 3.31. The van der Waals surface area contributed by atoms with Crippen molar-refractivity contribution >= 4 is 28.8 Å². The summed E-state index contributed by atoms with van der Waals surface area (Å²) < 4.78 is 13.4. The number of carbonyl (C=O) groups excluding carboxylic acids is 2. The molecule has 0 unspecified atom stereocenters. The van der Waals surface area contributed by atoms with Gasteiger partial charge in [0.05, 0.1) is 4.88 Å². The molecule has 0 fully saturated rings. The van der Waals surface area contributed by atoms with Crippen LogP contribution < -0.4 is 5.32 Å². The molecule has 3 rings (SSSR count). The third kappa shape index (κ3) is 4.80. The highest BCUT2D eigenvalue weighted by molar-refractivity contribution is 7.12. The van der Waals surface area contributed by atoms with E-state index in [-0.39, 0.29) is 17.6 Å². The van der Waals surface area contributed by atoms with Crippen LogP contribution in [0.5, 0.6) is 0 Å². The van der Waals surface area contributed by atoms with Crippen molar-refractivity contribution in [2.24, 2.45) is 0 Å². The van der Waals surface area contributed by atoms with E-state index in [0.717, 1.165) is 5.56 Å². The molecule has 1 aromatic heterocycles. The van der Waals surface area contributed by atoms with E-state index in [1.165, 1.54) is 23.5 Å². The van der Waals surface area contributed by atoms with Gasteiger partial charge < -0.3 is 10.2 Å². The molecule has 0 radical (unpaired) electrons. The second kappa shape index (κ2) is 8.60. The summed E-state index contributed by atoms with van der Waals surface area (Å²) in [6.07, 6.45) is 0. The molecular formula is C21H19FN2O2S. The van der Waals surface area contributed by atoms with Gasteiger partial charge in [0.1, 0.15) is 5.82 Å². The summed E-state index contributed by atoms with van der Waals surface area (Å²) >= 11 is 1.35. The Kier molecular flexibility index (Phi) is 5.98. The summed E-state index contributed by atoms with van der Waals surface area (Å²) in [6, 6.07) is 16.6. The van der Waals surface area contributed by atoms with Crippen LogP contribution in [0.3, 0.4) is 0 Å². The Balaban J connectivity index is 1.74. The van der Waals surface area contributed by atoms with E-state index in [0.29, 0.717) is 29.2 Å². The molecule has 27 heavy (non-hydrogen) atoms. The third-order valence-electron chi connectivity index (χ3n) is 4.04. The van der Waals surface area contributed by atoms with Gasteiger partial charge in [0.25, 0.3) is 11.8 Å². The fraction of sp³-hybridized carbons (Fsp3) is 0.143. The van der Waals surface area contributed by atoms with Crippen molar-refractivity contribution in [2.45, 2.75) is 13.5 Å². The number of hydrogen-bond acceptors (Lipinski definition) is 3. The molecule has 0 atom stereocenters. The number of hydrogen-bond donors (Lipinski definition) is 1. The van der Waals surface area contributed by atoms with Crippen molar-refractivity contribution < 1.29 is 14.0 Å². The van der Waals surface area contributed by atoms with Gasteiger partial charge in [-0.3, -0.25) is 9.59 Å². The number of thiophene rings is 1. The van der Waals surface area contributed by atoms with E-state index in [1.54, 1.807) is 47.4 Å². The summed E-state index contributed by atoms with van der Waals surface area (Å²) in [4.78, 5) is 27.3. The molecule has 0 saturated carbocycles. The van der Waals surface area contributed by atoms with Crippen molar-refractivity contribution in [3.8, 4) is 0 Å². The van der Waals surface area contributed by atoms with Crippen LogP contribution in [0.4, 0.5) is 10.1 Å².